The van der Waals surface area contributed by atoms with E-state index in [1.165, 1.54) is 38.5 Å². The predicted molar refractivity (Wildman–Crippen MR) is 82.4 cm³/mol. The molecule has 2 rings (SSSR count). The van der Waals surface area contributed by atoms with Crippen LogP contribution in [0.5, 0.6) is 0 Å². The molecule has 0 aromatic carbocycles. The van der Waals surface area contributed by atoms with Crippen molar-refractivity contribution in [1.29, 1.82) is 0 Å². The van der Waals surface area contributed by atoms with Crippen LogP contribution in [0.2, 0.25) is 24.2 Å². The van der Waals surface area contributed by atoms with Crippen molar-refractivity contribution in [2.45, 2.75) is 88.4 Å². The van der Waals surface area contributed by atoms with Crippen LogP contribution in [-0.2, 0) is 4.12 Å². The highest BCUT2D eigenvalue weighted by atomic mass is 28.5. The first-order valence-corrected chi connectivity index (χ1v) is 12.9. The maximum Gasteiger partial charge on any atom is 0.326 e. The summed E-state index contributed by atoms with van der Waals surface area (Å²) in [5, 5.41) is 0. The van der Waals surface area contributed by atoms with Gasteiger partial charge in [-0.3, -0.25) is 0 Å². The van der Waals surface area contributed by atoms with Gasteiger partial charge in [0, 0.05) is 11.1 Å². The van der Waals surface area contributed by atoms with Gasteiger partial charge in [0.2, 0.25) is 0 Å². The van der Waals surface area contributed by atoms with Gasteiger partial charge >= 0.3 is 17.1 Å². The van der Waals surface area contributed by atoms with Crippen molar-refractivity contribution < 1.29 is 13.7 Å². The molecule has 112 valence electrons. The van der Waals surface area contributed by atoms with Gasteiger partial charge in [0.1, 0.15) is 0 Å². The summed E-state index contributed by atoms with van der Waals surface area (Å²) in [5.74, 6) is 0. The Bertz CT molecular complexity index is 254. The predicted octanol–water partition coefficient (Wildman–Crippen LogP) is 3.80. The Morgan fingerprint density at radius 1 is 0.684 bits per heavy atom. The van der Waals surface area contributed by atoms with Crippen molar-refractivity contribution in [2.24, 2.45) is 0 Å². The van der Waals surface area contributed by atoms with E-state index in [1.807, 2.05) is 13.1 Å². The molecule has 0 spiro atoms. The molecule has 0 heterocycles. The number of hydrogen-bond donors (Lipinski definition) is 2. The summed E-state index contributed by atoms with van der Waals surface area (Å²) in [4.78, 5) is 21.6. The van der Waals surface area contributed by atoms with Crippen LogP contribution in [0, 0.1) is 0 Å². The molecule has 2 atom stereocenters. The molecular weight excluding hydrogens is 272 g/mol. The van der Waals surface area contributed by atoms with Crippen LogP contribution in [0.1, 0.15) is 64.2 Å². The lowest BCUT2D eigenvalue weighted by molar-refractivity contribution is 0.260. The SMILES string of the molecule is C[Si](O)(O[Si](C)(O)C1CCCCC1)C1CCCCC1. The summed E-state index contributed by atoms with van der Waals surface area (Å²) in [6.07, 6.45) is 11.8. The highest BCUT2D eigenvalue weighted by Gasteiger charge is 2.48. The zero-order valence-electron chi connectivity index (χ0n) is 12.5. The highest BCUT2D eigenvalue weighted by molar-refractivity contribution is 6.80. The van der Waals surface area contributed by atoms with Crippen LogP contribution >= 0.6 is 0 Å². The van der Waals surface area contributed by atoms with Gasteiger partial charge in [-0.15, -0.1) is 0 Å². The third kappa shape index (κ3) is 4.14. The lowest BCUT2D eigenvalue weighted by Gasteiger charge is -2.41. The quantitative estimate of drug-likeness (QED) is 0.777. The fourth-order valence-corrected chi connectivity index (χ4v) is 11.5. The van der Waals surface area contributed by atoms with Gasteiger partial charge in [0.05, 0.1) is 0 Å². The molecule has 0 aromatic rings. The fourth-order valence-electron chi connectivity index (χ4n) is 3.86. The minimum Gasteiger partial charge on any atom is -0.415 e. The van der Waals surface area contributed by atoms with Crippen LogP contribution in [0.15, 0.2) is 0 Å². The van der Waals surface area contributed by atoms with Gasteiger partial charge in [-0.1, -0.05) is 38.5 Å². The second kappa shape index (κ2) is 6.39. The van der Waals surface area contributed by atoms with Crippen molar-refractivity contribution in [3.63, 3.8) is 0 Å². The maximum absolute atomic E-state index is 10.8. The van der Waals surface area contributed by atoms with Crippen molar-refractivity contribution in [2.75, 3.05) is 0 Å². The average molecular weight is 303 g/mol. The minimum absolute atomic E-state index is 0.337. The summed E-state index contributed by atoms with van der Waals surface area (Å²) in [5.41, 5.74) is 0.674. The van der Waals surface area contributed by atoms with Crippen LogP contribution in [0.3, 0.4) is 0 Å². The Hall–Kier alpha value is 0.314. The third-order valence-corrected chi connectivity index (χ3v) is 12.6. The highest BCUT2D eigenvalue weighted by Crippen LogP contribution is 2.41. The van der Waals surface area contributed by atoms with Crippen LogP contribution in [0.4, 0.5) is 0 Å². The Balaban J connectivity index is 1.96. The summed E-state index contributed by atoms with van der Waals surface area (Å²) >= 11 is 0. The van der Waals surface area contributed by atoms with E-state index in [1.54, 1.807) is 0 Å². The first-order valence-electron chi connectivity index (χ1n) is 8.07. The Labute approximate surface area is 119 Å². The van der Waals surface area contributed by atoms with Gasteiger partial charge in [0.15, 0.2) is 0 Å². The molecule has 0 radical (unpaired) electrons. The van der Waals surface area contributed by atoms with E-state index in [0.717, 1.165) is 25.7 Å². The molecule has 2 N–H and O–H groups in total. The van der Waals surface area contributed by atoms with E-state index in [-0.39, 0.29) is 0 Å². The third-order valence-electron chi connectivity index (χ3n) is 5.14. The minimum atomic E-state index is -2.71. The Kier molecular flexibility index (Phi) is 5.28. The molecule has 0 aliphatic heterocycles. The molecule has 2 fully saturated rings. The van der Waals surface area contributed by atoms with Gasteiger partial charge in [-0.2, -0.15) is 0 Å². The van der Waals surface area contributed by atoms with Gasteiger partial charge in [-0.05, 0) is 38.8 Å². The molecule has 2 aliphatic rings. The van der Waals surface area contributed by atoms with E-state index >= 15 is 0 Å². The summed E-state index contributed by atoms with van der Waals surface area (Å²) in [7, 11) is -5.42. The van der Waals surface area contributed by atoms with Gasteiger partial charge < -0.3 is 13.7 Å². The second-order valence-corrected chi connectivity index (χ2v) is 13.5. The van der Waals surface area contributed by atoms with Crippen molar-refractivity contribution in [3.8, 4) is 0 Å². The van der Waals surface area contributed by atoms with Crippen molar-refractivity contribution in [1.82, 2.24) is 0 Å². The lowest BCUT2D eigenvalue weighted by atomic mass is 10.0. The molecular formula is C14H30O3Si2. The van der Waals surface area contributed by atoms with Crippen molar-refractivity contribution in [3.05, 3.63) is 0 Å². The molecule has 0 bridgehead atoms. The first kappa shape index (κ1) is 15.7. The number of rotatable bonds is 4. The first-order chi connectivity index (χ1) is 8.92. The molecule has 3 nitrogen and oxygen atoms in total. The summed E-state index contributed by atoms with van der Waals surface area (Å²) < 4.78 is 6.09. The van der Waals surface area contributed by atoms with Gasteiger partial charge in [0.25, 0.3) is 0 Å². The zero-order chi connectivity index (χ0) is 13.9. The summed E-state index contributed by atoms with van der Waals surface area (Å²) in [6, 6.07) is 0. The van der Waals surface area contributed by atoms with Gasteiger partial charge in [-0.25, -0.2) is 0 Å². The lowest BCUT2D eigenvalue weighted by Crippen LogP contribution is -2.54. The second-order valence-electron chi connectivity index (χ2n) is 6.88. The van der Waals surface area contributed by atoms with E-state index in [2.05, 4.69) is 0 Å². The topological polar surface area (TPSA) is 49.7 Å². The fraction of sp³-hybridized carbons (Fsp3) is 1.00. The molecule has 5 heteroatoms. The Morgan fingerprint density at radius 2 is 1.00 bits per heavy atom. The van der Waals surface area contributed by atoms with Crippen LogP contribution < -0.4 is 0 Å². The molecule has 0 aromatic heterocycles. The van der Waals surface area contributed by atoms with Crippen LogP contribution in [-0.4, -0.2) is 26.7 Å². The smallest absolute Gasteiger partial charge is 0.326 e. The maximum atomic E-state index is 10.8. The largest absolute Gasteiger partial charge is 0.415 e. The van der Waals surface area contributed by atoms with Crippen molar-refractivity contribution >= 4 is 17.1 Å². The Morgan fingerprint density at radius 3 is 1.32 bits per heavy atom. The number of hydrogen-bond acceptors (Lipinski definition) is 3. The molecule has 19 heavy (non-hydrogen) atoms. The van der Waals surface area contributed by atoms with E-state index in [4.69, 9.17) is 4.12 Å². The normalized spacial score (nSPS) is 29.7. The monoisotopic (exact) mass is 302 g/mol. The molecule has 2 unspecified atom stereocenters. The van der Waals surface area contributed by atoms with Crippen LogP contribution in [0.25, 0.3) is 0 Å². The molecule has 2 aliphatic carbocycles. The van der Waals surface area contributed by atoms with E-state index in [0.29, 0.717) is 11.1 Å². The average Bonchev–Trinajstić information content (AvgIpc) is 2.40. The molecule has 2 saturated carbocycles. The van der Waals surface area contributed by atoms with E-state index in [9.17, 15) is 9.59 Å². The zero-order valence-corrected chi connectivity index (χ0v) is 14.5. The molecule has 0 amide bonds. The molecule has 0 saturated heterocycles. The standard InChI is InChI=1S/C14H30O3Si2/c1-18(15,13-9-5-3-6-10-13)17-19(2,16)14-11-7-4-8-12-14/h13-16H,3-12H2,1-2H3. The van der Waals surface area contributed by atoms with E-state index < -0.39 is 17.1 Å². The summed E-state index contributed by atoms with van der Waals surface area (Å²) in [6.45, 7) is 3.82.